The predicted octanol–water partition coefficient (Wildman–Crippen LogP) is 3.16. The van der Waals surface area contributed by atoms with E-state index in [-0.39, 0.29) is 18.0 Å². The van der Waals surface area contributed by atoms with E-state index in [1.165, 1.54) is 13.3 Å². The third-order valence-corrected chi connectivity index (χ3v) is 3.20. The molecule has 0 heterocycles. The van der Waals surface area contributed by atoms with Crippen LogP contribution in [0.2, 0.25) is 0 Å². The molecule has 2 heteroatoms. The van der Waals surface area contributed by atoms with Crippen LogP contribution in [-0.2, 0) is 9.53 Å². The number of rotatable bonds is 1. The van der Waals surface area contributed by atoms with E-state index in [0.29, 0.717) is 0 Å². The van der Waals surface area contributed by atoms with Crippen molar-refractivity contribution in [3.63, 3.8) is 0 Å². The van der Waals surface area contributed by atoms with Crippen molar-refractivity contribution in [1.82, 2.24) is 0 Å². The lowest BCUT2D eigenvalue weighted by atomic mass is 9.86. The van der Waals surface area contributed by atoms with Crippen molar-refractivity contribution in [2.24, 2.45) is 5.92 Å². The van der Waals surface area contributed by atoms with Gasteiger partial charge in [0, 0.05) is 12.5 Å². The van der Waals surface area contributed by atoms with Crippen LogP contribution in [0.4, 0.5) is 0 Å². The molecule has 2 rings (SSSR count). The molecule has 0 aliphatic heterocycles. The Morgan fingerprint density at radius 1 is 1.22 bits per heavy atom. The largest absolute Gasteiger partial charge is 0.461 e. The van der Waals surface area contributed by atoms with Gasteiger partial charge in [-0.05, 0) is 31.4 Å². The minimum atomic E-state index is -0.201. The molecular weight excluding hydrogens is 224 g/mol. The molecular formula is C16H18O2. The summed E-state index contributed by atoms with van der Waals surface area (Å²) in [5.41, 5.74) is 1.02. The van der Waals surface area contributed by atoms with Crippen LogP contribution in [0.3, 0.4) is 0 Å². The van der Waals surface area contributed by atoms with Crippen LogP contribution in [0.5, 0.6) is 0 Å². The summed E-state index contributed by atoms with van der Waals surface area (Å²) in [5.74, 6) is 6.43. The van der Waals surface area contributed by atoms with Crippen molar-refractivity contribution >= 4 is 5.97 Å². The molecule has 1 saturated carbocycles. The Hall–Kier alpha value is -1.75. The molecule has 0 unspecified atom stereocenters. The van der Waals surface area contributed by atoms with Gasteiger partial charge in [-0.1, -0.05) is 36.5 Å². The first-order chi connectivity index (χ1) is 8.75. The maximum atomic E-state index is 11.1. The molecule has 0 saturated heterocycles. The minimum absolute atomic E-state index is 0.0209. The highest BCUT2D eigenvalue weighted by Crippen LogP contribution is 2.26. The lowest BCUT2D eigenvalue weighted by Gasteiger charge is -2.27. The zero-order chi connectivity index (χ0) is 12.8. The summed E-state index contributed by atoms with van der Waals surface area (Å²) < 4.78 is 5.35. The molecule has 0 radical (unpaired) electrons. The Balaban J connectivity index is 2.06. The van der Waals surface area contributed by atoms with Crippen LogP contribution in [0.15, 0.2) is 30.3 Å². The standard InChI is InChI=1S/C16H18O2/c1-13(17)18-16-10-6-5-9-15(16)12-11-14-7-3-2-4-8-14/h2-4,7-8,15-16H,5-6,9-10H2,1H3/t15-,16+/m0/s1. The van der Waals surface area contributed by atoms with E-state index in [0.717, 1.165) is 24.8 Å². The maximum Gasteiger partial charge on any atom is 0.302 e. The summed E-state index contributed by atoms with van der Waals surface area (Å²) in [6.07, 6.45) is 4.24. The van der Waals surface area contributed by atoms with Gasteiger partial charge in [-0.3, -0.25) is 4.79 Å². The third-order valence-electron chi connectivity index (χ3n) is 3.20. The molecule has 0 spiro atoms. The second-order valence-corrected chi connectivity index (χ2v) is 4.67. The number of hydrogen-bond acceptors (Lipinski definition) is 2. The number of hydrogen-bond donors (Lipinski definition) is 0. The lowest BCUT2D eigenvalue weighted by molar-refractivity contribution is -0.149. The molecule has 2 nitrogen and oxygen atoms in total. The zero-order valence-electron chi connectivity index (χ0n) is 10.7. The van der Waals surface area contributed by atoms with Crippen LogP contribution in [-0.4, -0.2) is 12.1 Å². The summed E-state index contributed by atoms with van der Waals surface area (Å²) in [7, 11) is 0. The van der Waals surface area contributed by atoms with Crippen LogP contribution in [0, 0.1) is 17.8 Å². The Labute approximate surface area is 108 Å². The first kappa shape index (κ1) is 12.7. The molecule has 1 fully saturated rings. The van der Waals surface area contributed by atoms with Crippen LogP contribution >= 0.6 is 0 Å². The van der Waals surface area contributed by atoms with Gasteiger partial charge < -0.3 is 4.74 Å². The van der Waals surface area contributed by atoms with Crippen LogP contribution in [0.1, 0.15) is 38.2 Å². The Morgan fingerprint density at radius 3 is 2.67 bits per heavy atom. The summed E-state index contributed by atoms with van der Waals surface area (Å²) in [4.78, 5) is 11.1. The molecule has 1 aromatic rings. The summed E-state index contributed by atoms with van der Waals surface area (Å²) in [6.45, 7) is 1.47. The maximum absolute atomic E-state index is 11.1. The molecule has 1 aromatic carbocycles. The smallest absolute Gasteiger partial charge is 0.302 e. The van der Waals surface area contributed by atoms with Crippen LogP contribution in [0.25, 0.3) is 0 Å². The van der Waals surface area contributed by atoms with Gasteiger partial charge in [0.15, 0.2) is 0 Å². The number of carbonyl (C=O) groups is 1. The lowest BCUT2D eigenvalue weighted by Crippen LogP contribution is -2.28. The van der Waals surface area contributed by atoms with Crippen molar-refractivity contribution in [2.75, 3.05) is 0 Å². The topological polar surface area (TPSA) is 26.3 Å². The molecule has 94 valence electrons. The number of ether oxygens (including phenoxy) is 1. The number of esters is 1. The Morgan fingerprint density at radius 2 is 1.94 bits per heavy atom. The molecule has 0 N–H and O–H groups in total. The summed E-state index contributed by atoms with van der Waals surface area (Å²) in [6, 6.07) is 9.93. The number of benzene rings is 1. The Kier molecular flexibility index (Phi) is 4.41. The molecule has 1 aliphatic carbocycles. The molecule has 0 aromatic heterocycles. The predicted molar refractivity (Wildman–Crippen MR) is 70.8 cm³/mol. The van der Waals surface area contributed by atoms with E-state index in [2.05, 4.69) is 11.8 Å². The summed E-state index contributed by atoms with van der Waals surface area (Å²) in [5, 5.41) is 0. The summed E-state index contributed by atoms with van der Waals surface area (Å²) >= 11 is 0. The highest BCUT2D eigenvalue weighted by Gasteiger charge is 2.25. The van der Waals surface area contributed by atoms with E-state index >= 15 is 0 Å². The van der Waals surface area contributed by atoms with E-state index in [1.54, 1.807) is 0 Å². The van der Waals surface area contributed by atoms with E-state index in [1.807, 2.05) is 30.3 Å². The molecule has 2 atom stereocenters. The van der Waals surface area contributed by atoms with Crippen LogP contribution < -0.4 is 0 Å². The second kappa shape index (κ2) is 6.26. The van der Waals surface area contributed by atoms with Crippen molar-refractivity contribution < 1.29 is 9.53 Å². The van der Waals surface area contributed by atoms with E-state index < -0.39 is 0 Å². The third kappa shape index (κ3) is 3.63. The normalized spacial score (nSPS) is 22.7. The van der Waals surface area contributed by atoms with Gasteiger partial charge in [0.1, 0.15) is 6.10 Å². The van der Waals surface area contributed by atoms with Gasteiger partial charge in [-0.15, -0.1) is 0 Å². The monoisotopic (exact) mass is 242 g/mol. The number of carbonyl (C=O) groups excluding carboxylic acids is 1. The zero-order valence-corrected chi connectivity index (χ0v) is 10.7. The van der Waals surface area contributed by atoms with E-state index in [9.17, 15) is 4.79 Å². The fourth-order valence-corrected chi connectivity index (χ4v) is 2.31. The fourth-order valence-electron chi connectivity index (χ4n) is 2.31. The second-order valence-electron chi connectivity index (χ2n) is 4.67. The van der Waals surface area contributed by atoms with Gasteiger partial charge in [0.25, 0.3) is 0 Å². The van der Waals surface area contributed by atoms with Crippen molar-refractivity contribution in [1.29, 1.82) is 0 Å². The fraction of sp³-hybridized carbons (Fsp3) is 0.438. The van der Waals surface area contributed by atoms with Gasteiger partial charge >= 0.3 is 5.97 Å². The highest BCUT2D eigenvalue weighted by molar-refractivity contribution is 5.66. The van der Waals surface area contributed by atoms with Gasteiger partial charge in [0.05, 0.1) is 5.92 Å². The SMILES string of the molecule is CC(=O)O[C@@H]1CCCC[C@H]1C#Cc1ccccc1. The van der Waals surface area contributed by atoms with Crippen molar-refractivity contribution in [2.45, 2.75) is 38.7 Å². The average Bonchev–Trinajstić information content (AvgIpc) is 2.38. The first-order valence-corrected chi connectivity index (χ1v) is 6.49. The highest BCUT2D eigenvalue weighted by atomic mass is 16.5. The van der Waals surface area contributed by atoms with Gasteiger partial charge in [0.2, 0.25) is 0 Å². The van der Waals surface area contributed by atoms with Crippen molar-refractivity contribution in [3.8, 4) is 11.8 Å². The van der Waals surface area contributed by atoms with Gasteiger partial charge in [-0.2, -0.15) is 0 Å². The average molecular weight is 242 g/mol. The molecule has 18 heavy (non-hydrogen) atoms. The van der Waals surface area contributed by atoms with E-state index in [4.69, 9.17) is 4.74 Å². The molecule has 0 amide bonds. The first-order valence-electron chi connectivity index (χ1n) is 6.49. The Bertz CT molecular complexity index is 453. The van der Waals surface area contributed by atoms with Gasteiger partial charge in [-0.25, -0.2) is 0 Å². The van der Waals surface area contributed by atoms with Crippen molar-refractivity contribution in [3.05, 3.63) is 35.9 Å². The molecule has 1 aliphatic rings. The quantitative estimate of drug-likeness (QED) is 0.558. The minimum Gasteiger partial charge on any atom is -0.461 e. The molecule has 0 bridgehead atoms.